The highest BCUT2D eigenvalue weighted by Crippen LogP contribution is 1.80. The number of hydrogen-bond acceptors (Lipinski definition) is 4. The molecule has 5 heteroatoms. The van der Waals surface area contributed by atoms with Crippen LogP contribution in [0.2, 0.25) is 0 Å². The van der Waals surface area contributed by atoms with Crippen LogP contribution in [0.1, 0.15) is 0 Å². The zero-order chi connectivity index (χ0) is 10.1. The van der Waals surface area contributed by atoms with E-state index >= 15 is 0 Å². The van der Waals surface area contributed by atoms with Gasteiger partial charge in [0.2, 0.25) is 0 Å². The van der Waals surface area contributed by atoms with Gasteiger partial charge >= 0.3 is 10.0 Å². The van der Waals surface area contributed by atoms with Gasteiger partial charge in [-0.15, -0.1) is 0 Å². The third-order valence-corrected chi connectivity index (χ3v) is 2.44. The van der Waals surface area contributed by atoms with Crippen molar-refractivity contribution in [2.24, 2.45) is 0 Å². The molecule has 0 aliphatic heterocycles. The van der Waals surface area contributed by atoms with E-state index in [4.69, 9.17) is 8.85 Å². The summed E-state index contributed by atoms with van der Waals surface area (Å²) in [6.45, 7) is 3.54. The second-order valence-corrected chi connectivity index (χ2v) is 4.59. The zero-order valence-electron chi connectivity index (χ0n) is 9.25. The summed E-state index contributed by atoms with van der Waals surface area (Å²) in [7, 11) is 7.43. The van der Waals surface area contributed by atoms with Gasteiger partial charge in [0.25, 0.3) is 0 Å². The van der Waals surface area contributed by atoms with Crippen molar-refractivity contribution in [2.75, 3.05) is 54.5 Å². The van der Waals surface area contributed by atoms with Crippen molar-refractivity contribution in [3.8, 4) is 0 Å². The van der Waals surface area contributed by atoms with Crippen LogP contribution in [0.25, 0.3) is 0 Å². The molecule has 0 saturated heterocycles. The van der Waals surface area contributed by atoms with Gasteiger partial charge in [0.15, 0.2) is 0 Å². The van der Waals surface area contributed by atoms with E-state index in [9.17, 15) is 0 Å². The van der Waals surface area contributed by atoms with Crippen LogP contribution in [0.5, 0.6) is 0 Å². The molecule has 13 heavy (non-hydrogen) atoms. The maximum Gasteiger partial charge on any atom is 0.304 e. The number of hydrogen-bond donors (Lipinski definition) is 0. The van der Waals surface area contributed by atoms with Gasteiger partial charge in [-0.1, -0.05) is 0 Å². The number of likely N-dealkylation sites (N-methyl/N-ethyl adjacent to an activating group) is 2. The molecule has 0 N–H and O–H groups in total. The fourth-order valence-corrected chi connectivity index (χ4v) is 1.28. The Hall–Kier alpha value is 0.0569. The lowest BCUT2D eigenvalue weighted by Crippen LogP contribution is -2.22. The highest BCUT2D eigenvalue weighted by atomic mass is 28.3. The number of nitrogens with zero attached hydrogens (tertiary/aromatic N) is 2. The van der Waals surface area contributed by atoms with Crippen molar-refractivity contribution in [3.63, 3.8) is 0 Å². The summed E-state index contributed by atoms with van der Waals surface area (Å²) in [5.41, 5.74) is 0. The van der Waals surface area contributed by atoms with E-state index in [0.29, 0.717) is 0 Å². The molecule has 0 saturated carbocycles. The third kappa shape index (κ3) is 12.1. The minimum absolute atomic E-state index is 0.728. The lowest BCUT2D eigenvalue weighted by atomic mass is 10.6. The molecule has 0 bridgehead atoms. The van der Waals surface area contributed by atoms with E-state index < -0.39 is 10.0 Å². The second kappa shape index (κ2) is 8.65. The monoisotopic (exact) mass is 206 g/mol. The molecule has 4 nitrogen and oxygen atoms in total. The van der Waals surface area contributed by atoms with Crippen molar-refractivity contribution in [2.45, 2.75) is 0 Å². The molecule has 0 aromatic heterocycles. The van der Waals surface area contributed by atoms with Crippen LogP contribution in [0.4, 0.5) is 0 Å². The Morgan fingerprint density at radius 3 is 1.54 bits per heavy atom. The first-order chi connectivity index (χ1) is 6.13. The standard InChI is InChI=1S/C8H22N2O2Si/c1-9(2)5-7-11-13-12-8-6-10(3)4/h5-8,13H2,1-4H3. The molecule has 0 heterocycles. The van der Waals surface area contributed by atoms with Crippen LogP contribution in [0.15, 0.2) is 0 Å². The van der Waals surface area contributed by atoms with Crippen molar-refractivity contribution >= 4 is 10.0 Å². The van der Waals surface area contributed by atoms with Gasteiger partial charge < -0.3 is 18.7 Å². The van der Waals surface area contributed by atoms with Crippen molar-refractivity contribution < 1.29 is 8.85 Å². The third-order valence-electron chi connectivity index (χ3n) is 1.53. The minimum Gasteiger partial charge on any atom is -0.397 e. The predicted octanol–water partition coefficient (Wildman–Crippen LogP) is -0.858. The molecule has 0 aromatic carbocycles. The van der Waals surface area contributed by atoms with Gasteiger partial charge in [0, 0.05) is 26.3 Å². The molecule has 0 aliphatic carbocycles. The Labute approximate surface area is 83.9 Å². The summed E-state index contributed by atoms with van der Waals surface area (Å²) in [4.78, 5) is 4.21. The lowest BCUT2D eigenvalue weighted by Gasteiger charge is -2.11. The summed E-state index contributed by atoms with van der Waals surface area (Å²) in [6, 6.07) is 0. The van der Waals surface area contributed by atoms with Crippen LogP contribution in [0.3, 0.4) is 0 Å². The maximum absolute atomic E-state index is 5.38. The molecule has 0 rings (SSSR count). The minimum atomic E-state index is -0.728. The van der Waals surface area contributed by atoms with Crippen LogP contribution in [0, 0.1) is 0 Å². The maximum atomic E-state index is 5.38. The molecule has 0 unspecified atom stereocenters. The van der Waals surface area contributed by atoms with Crippen LogP contribution in [-0.2, 0) is 8.85 Å². The van der Waals surface area contributed by atoms with Gasteiger partial charge in [-0.05, 0) is 28.2 Å². The van der Waals surface area contributed by atoms with Crippen LogP contribution < -0.4 is 0 Å². The summed E-state index contributed by atoms with van der Waals surface area (Å²) in [6.07, 6.45) is 0. The summed E-state index contributed by atoms with van der Waals surface area (Å²) >= 11 is 0. The second-order valence-electron chi connectivity index (χ2n) is 3.54. The van der Waals surface area contributed by atoms with Crippen molar-refractivity contribution in [3.05, 3.63) is 0 Å². The fourth-order valence-electron chi connectivity index (χ4n) is 0.671. The zero-order valence-corrected chi connectivity index (χ0v) is 10.7. The first kappa shape index (κ1) is 13.1. The molecule has 0 aromatic rings. The van der Waals surface area contributed by atoms with Crippen molar-refractivity contribution in [1.29, 1.82) is 0 Å². The van der Waals surface area contributed by atoms with Gasteiger partial charge in [0.1, 0.15) is 0 Å². The van der Waals surface area contributed by atoms with Gasteiger partial charge in [-0.2, -0.15) is 0 Å². The van der Waals surface area contributed by atoms with E-state index in [1.165, 1.54) is 0 Å². The Morgan fingerprint density at radius 2 is 1.23 bits per heavy atom. The molecule has 0 aliphatic rings. The average molecular weight is 206 g/mol. The highest BCUT2D eigenvalue weighted by molar-refractivity contribution is 6.17. The van der Waals surface area contributed by atoms with Crippen molar-refractivity contribution in [1.82, 2.24) is 9.80 Å². The van der Waals surface area contributed by atoms with E-state index in [-0.39, 0.29) is 0 Å². The first-order valence-electron chi connectivity index (χ1n) is 4.58. The van der Waals surface area contributed by atoms with Crippen LogP contribution in [-0.4, -0.2) is 74.3 Å². The van der Waals surface area contributed by atoms with Gasteiger partial charge in [0.05, 0.1) is 0 Å². The largest absolute Gasteiger partial charge is 0.397 e. The van der Waals surface area contributed by atoms with E-state index in [2.05, 4.69) is 9.80 Å². The molecule has 0 radical (unpaired) electrons. The summed E-state index contributed by atoms with van der Waals surface area (Å²) in [5.74, 6) is 0. The molecule has 0 spiro atoms. The first-order valence-corrected chi connectivity index (χ1v) is 5.73. The van der Waals surface area contributed by atoms with Crippen LogP contribution >= 0.6 is 0 Å². The summed E-state index contributed by atoms with van der Waals surface area (Å²) in [5, 5.41) is 0. The number of rotatable bonds is 8. The Balaban J connectivity index is 2.92. The lowest BCUT2D eigenvalue weighted by molar-refractivity contribution is 0.189. The Bertz CT molecular complexity index is 100. The quantitative estimate of drug-likeness (QED) is 0.381. The van der Waals surface area contributed by atoms with E-state index in [1.54, 1.807) is 0 Å². The Morgan fingerprint density at radius 1 is 0.846 bits per heavy atom. The average Bonchev–Trinajstić information content (AvgIpc) is 2.01. The van der Waals surface area contributed by atoms with E-state index in [0.717, 1.165) is 26.3 Å². The molecule has 0 amide bonds. The molecule has 0 fully saturated rings. The SMILES string of the molecule is CN(C)CCO[SiH2]OCCN(C)C. The molecule has 0 atom stereocenters. The Kier molecular flexibility index (Phi) is 8.68. The topological polar surface area (TPSA) is 24.9 Å². The highest BCUT2D eigenvalue weighted by Gasteiger charge is 1.93. The molecule has 80 valence electrons. The summed E-state index contributed by atoms with van der Waals surface area (Å²) < 4.78 is 10.8. The molecular weight excluding hydrogens is 184 g/mol. The van der Waals surface area contributed by atoms with E-state index in [1.807, 2.05) is 28.2 Å². The predicted molar refractivity (Wildman–Crippen MR) is 57.6 cm³/mol. The molecular formula is C8H22N2O2Si. The normalized spacial score (nSPS) is 11.5. The smallest absolute Gasteiger partial charge is 0.304 e. The fraction of sp³-hybridized carbons (Fsp3) is 1.00. The van der Waals surface area contributed by atoms with Gasteiger partial charge in [-0.3, -0.25) is 0 Å². The van der Waals surface area contributed by atoms with Gasteiger partial charge in [-0.25, -0.2) is 0 Å².